The first-order valence-electron chi connectivity index (χ1n) is 27.1. The van der Waals surface area contributed by atoms with Gasteiger partial charge in [-0.15, -0.1) is 0 Å². The molecule has 0 fully saturated rings. The van der Waals surface area contributed by atoms with Gasteiger partial charge in [-0.1, -0.05) is 0 Å². The number of ketones is 4. The summed E-state index contributed by atoms with van der Waals surface area (Å²) in [6, 6.07) is 2.58. The van der Waals surface area contributed by atoms with Gasteiger partial charge in [0.15, 0.2) is 34.3 Å². The van der Waals surface area contributed by atoms with Gasteiger partial charge in [0.2, 0.25) is 41.4 Å². The Bertz CT molecular complexity index is 2760. The van der Waals surface area contributed by atoms with Gasteiger partial charge in [-0.25, -0.2) is 25.2 Å². The summed E-state index contributed by atoms with van der Waals surface area (Å²) in [5.74, 6) is -8.97. The van der Waals surface area contributed by atoms with E-state index in [0.29, 0.717) is 38.6 Å². The fourth-order valence-electron chi connectivity index (χ4n) is 8.50. The highest BCUT2D eigenvalue weighted by Crippen LogP contribution is 2.22. The predicted molar refractivity (Wildman–Crippen MR) is 296 cm³/mol. The number of anilines is 3. The molecule has 84 heavy (non-hydrogen) atoms. The Hall–Kier alpha value is -8.23. The largest absolute Gasteiger partial charge is 0.464 e. The first-order valence-corrected chi connectivity index (χ1v) is 27.1. The smallest absolute Gasteiger partial charge is 0.293 e. The molecule has 0 unspecified atom stereocenters. The van der Waals surface area contributed by atoms with Crippen LogP contribution in [0.25, 0.3) is 11.2 Å². The molecule has 0 saturated heterocycles. The number of nitrogens with two attached hydrogens (primary N) is 3. The Morgan fingerprint density at radius 2 is 1.25 bits per heavy atom. The van der Waals surface area contributed by atoms with Crippen molar-refractivity contribution in [3.63, 3.8) is 0 Å². The molecule has 6 atom stereocenters. The molecule has 0 aliphatic carbocycles. The summed E-state index contributed by atoms with van der Waals surface area (Å²) in [5.41, 5.74) is 19.7. The minimum atomic E-state index is -1.51. The first kappa shape index (κ1) is 70.0. The number of ether oxygens (including phenoxy) is 1. The van der Waals surface area contributed by atoms with Crippen LogP contribution in [0.5, 0.6) is 0 Å². The molecule has 31 nitrogen and oxygen atoms in total. The van der Waals surface area contributed by atoms with Crippen LogP contribution in [0.15, 0.2) is 30.5 Å². The van der Waals surface area contributed by atoms with E-state index in [9.17, 15) is 78.6 Å². The summed E-state index contributed by atoms with van der Waals surface area (Å²) in [6.45, 7) is 1.40. The lowest BCUT2D eigenvalue weighted by atomic mass is 9.87. The van der Waals surface area contributed by atoms with E-state index < -0.39 is 121 Å². The number of hydroxylamine groups is 6. The highest BCUT2D eigenvalue weighted by molar-refractivity contribution is 5.97. The van der Waals surface area contributed by atoms with Crippen molar-refractivity contribution in [3.8, 4) is 0 Å². The van der Waals surface area contributed by atoms with Crippen LogP contribution >= 0.6 is 0 Å². The summed E-state index contributed by atoms with van der Waals surface area (Å²) in [6.07, 6.45) is -1.54. The molecule has 2 aromatic heterocycles. The number of hydrogen-bond donors (Lipinski definition) is 11. The highest BCUT2D eigenvalue weighted by Gasteiger charge is 2.31. The average molecular weight is 1180 g/mol. The van der Waals surface area contributed by atoms with Crippen molar-refractivity contribution in [2.75, 3.05) is 62.8 Å². The minimum Gasteiger partial charge on any atom is -0.464 e. The number of aliphatic hydroxyl groups is 2. The topological polar surface area (TPSA) is 477 Å². The van der Waals surface area contributed by atoms with Crippen molar-refractivity contribution >= 4 is 93.7 Å². The third-order valence-electron chi connectivity index (χ3n) is 13.4. The van der Waals surface area contributed by atoms with E-state index in [1.54, 1.807) is 31.3 Å². The number of benzene rings is 1. The van der Waals surface area contributed by atoms with Gasteiger partial charge in [0, 0.05) is 103 Å². The Labute approximate surface area is 483 Å². The SMILES string of the molecule is CC(=O)N(O)CCC[C@H](CC(=O)[C@H](CCCN(O)C(C)=O)NC(=O)[C@@H](N)CCCN(O)C(C)=O)C(=O)CCCNC(=O)[C@H](CO)CC(=O)[C@H](CO)NC(=O)CC[C@@H](CC(=O)c1ccc(N(C)Cc2cnc3nc(N)nc(N)c3n2)cc1)OC=O. The van der Waals surface area contributed by atoms with Crippen molar-refractivity contribution in [2.45, 2.75) is 135 Å². The van der Waals surface area contributed by atoms with Gasteiger partial charge in [0.05, 0.1) is 49.7 Å². The molecule has 0 radical (unpaired) electrons. The van der Waals surface area contributed by atoms with E-state index >= 15 is 0 Å². The zero-order valence-electron chi connectivity index (χ0n) is 47.5. The van der Waals surface area contributed by atoms with Crippen molar-refractivity contribution in [3.05, 3.63) is 41.7 Å². The molecule has 6 amide bonds. The van der Waals surface area contributed by atoms with Gasteiger partial charge in [-0.05, 0) is 75.6 Å². The number of nitrogens with one attached hydrogen (secondary N) is 3. The molecular weight excluding hydrogens is 1100 g/mol. The standard InChI is InChI=1S/C53H78N14O17/c1-31(71)65(81)20-6-9-35(23-45(76)41(11-8-22-67(83)33(3)73)61-52(80)40(54)10-7-21-66(82)32(2)72)43(74)12-5-19-57-51(79)36(28-68)24-46(77)42(29-69)60-47(78)18-17-39(84-30-70)25-44(75)34-13-15-38(16-14-34)64(4)27-37-26-58-50-48(59-37)49(55)62-53(56)63-50/h13-16,26,30,35-36,39-42,68-69,81-83H,5-12,17-25,27-29,54H2,1-4H3,(H,57,79)(H,60,78)(H,61,80)(H4,55,56,58,62,63)/t35-,36+,39+,40+,41+,42+/m1/s1. The molecular formula is C53H78N14O17. The molecule has 0 aliphatic rings. The maximum absolute atomic E-state index is 13.9. The number of aromatic nitrogens is 4. The number of fused-ring (bicyclic) bond motifs is 1. The van der Waals surface area contributed by atoms with Gasteiger partial charge in [0.25, 0.3) is 6.47 Å². The Morgan fingerprint density at radius 1 is 0.667 bits per heavy atom. The van der Waals surface area contributed by atoms with Crippen LogP contribution in [0.1, 0.15) is 120 Å². The molecule has 14 N–H and O–H groups in total. The maximum atomic E-state index is 13.9. The van der Waals surface area contributed by atoms with Crippen molar-refractivity contribution in [1.82, 2.24) is 51.1 Å². The number of rotatable bonds is 40. The van der Waals surface area contributed by atoms with Crippen molar-refractivity contribution in [2.24, 2.45) is 17.6 Å². The number of nitrogens with zero attached hydrogens (tertiary/aromatic N) is 8. The van der Waals surface area contributed by atoms with Gasteiger partial charge in [-0.3, -0.25) is 68.4 Å². The second-order valence-electron chi connectivity index (χ2n) is 20.0. The van der Waals surface area contributed by atoms with Crippen LogP contribution < -0.4 is 38.1 Å². The number of carbonyl (C=O) groups excluding carboxylic acids is 11. The lowest BCUT2D eigenvalue weighted by Crippen LogP contribution is -2.49. The lowest BCUT2D eigenvalue weighted by molar-refractivity contribution is -0.163. The number of amides is 6. The summed E-state index contributed by atoms with van der Waals surface area (Å²) < 4.78 is 5.10. The van der Waals surface area contributed by atoms with Gasteiger partial charge in [-0.2, -0.15) is 9.97 Å². The second-order valence-corrected chi connectivity index (χ2v) is 20.0. The minimum absolute atomic E-state index is 0.00129. The summed E-state index contributed by atoms with van der Waals surface area (Å²) in [7, 11) is 1.79. The molecule has 2 heterocycles. The molecule has 31 heteroatoms. The van der Waals surface area contributed by atoms with Gasteiger partial charge < -0.3 is 53.0 Å². The number of nitrogen functional groups attached to an aromatic ring is 2. The predicted octanol–water partition coefficient (Wildman–Crippen LogP) is -0.933. The molecule has 0 saturated carbocycles. The summed E-state index contributed by atoms with van der Waals surface area (Å²) in [4.78, 5) is 158. The molecule has 3 rings (SSSR count). The molecule has 1 aromatic carbocycles. The van der Waals surface area contributed by atoms with Crippen LogP contribution in [0, 0.1) is 11.8 Å². The number of hydrogen-bond acceptors (Lipinski definition) is 25. The van der Waals surface area contributed by atoms with Crippen LogP contribution in [0.2, 0.25) is 0 Å². The van der Waals surface area contributed by atoms with E-state index in [0.717, 1.165) is 20.8 Å². The van der Waals surface area contributed by atoms with Crippen molar-refractivity contribution in [1.29, 1.82) is 0 Å². The normalized spacial score (nSPS) is 13.2. The third-order valence-corrected chi connectivity index (χ3v) is 13.4. The Balaban J connectivity index is 1.55. The zero-order chi connectivity index (χ0) is 62.6. The third kappa shape index (κ3) is 23.9. The van der Waals surface area contributed by atoms with E-state index in [-0.39, 0.29) is 126 Å². The van der Waals surface area contributed by atoms with Crippen LogP contribution in [0.3, 0.4) is 0 Å². The van der Waals surface area contributed by atoms with E-state index in [1.807, 2.05) is 4.90 Å². The maximum Gasteiger partial charge on any atom is 0.293 e. The zero-order valence-corrected chi connectivity index (χ0v) is 47.5. The second kappa shape index (κ2) is 35.7. The first-order chi connectivity index (χ1) is 39.8. The summed E-state index contributed by atoms with van der Waals surface area (Å²) in [5, 5.41) is 58.3. The Morgan fingerprint density at radius 3 is 1.83 bits per heavy atom. The van der Waals surface area contributed by atoms with Crippen LogP contribution in [-0.2, 0) is 59.2 Å². The van der Waals surface area contributed by atoms with E-state index in [1.165, 1.54) is 6.20 Å². The van der Waals surface area contributed by atoms with E-state index in [4.69, 9.17) is 21.9 Å². The quantitative estimate of drug-likeness (QED) is 0.0108. The molecule has 462 valence electrons. The van der Waals surface area contributed by atoms with E-state index in [2.05, 4.69) is 35.9 Å². The van der Waals surface area contributed by atoms with Gasteiger partial charge >= 0.3 is 0 Å². The molecule has 0 spiro atoms. The Kier molecular flexibility index (Phi) is 29.8. The fourth-order valence-corrected chi connectivity index (χ4v) is 8.50. The number of Topliss-reactive ketones (excluding diaryl/α,β-unsaturated/α-hetero) is 4. The average Bonchev–Trinajstić information content (AvgIpc) is 2.91. The highest BCUT2D eigenvalue weighted by atomic mass is 16.5. The number of aliphatic hydroxyl groups excluding tert-OH is 2. The molecule has 0 aliphatic heterocycles. The number of carbonyl (C=O) groups is 11. The monoisotopic (exact) mass is 1180 g/mol. The van der Waals surface area contributed by atoms with Crippen molar-refractivity contribution < 1.29 is 83.3 Å². The fraction of sp³-hybridized carbons (Fsp3) is 0.566. The molecule has 0 bridgehead atoms. The van der Waals surface area contributed by atoms with Gasteiger partial charge in [0.1, 0.15) is 17.9 Å². The summed E-state index contributed by atoms with van der Waals surface area (Å²) >= 11 is 0. The molecule has 3 aromatic rings. The van der Waals surface area contributed by atoms with Crippen LogP contribution in [0.4, 0.5) is 17.5 Å². The van der Waals surface area contributed by atoms with Crippen LogP contribution in [-0.4, -0.2) is 197 Å². The lowest BCUT2D eigenvalue weighted by Gasteiger charge is -2.24.